The SMILES string of the molecule is c1ccc(-c2ccc(N(c3ccc(-c4cc5ccccc5c5ccccc45)cc3)c3ccc(-c4cccc5sc6ccccc6c45)cc3)cc2)cc1. The summed E-state index contributed by atoms with van der Waals surface area (Å²) < 4.78 is 2.65. The van der Waals surface area contributed by atoms with E-state index in [1.807, 2.05) is 11.3 Å². The van der Waals surface area contributed by atoms with Crippen molar-refractivity contribution in [1.29, 1.82) is 0 Å². The van der Waals surface area contributed by atoms with Crippen molar-refractivity contribution in [2.75, 3.05) is 4.90 Å². The summed E-state index contributed by atoms with van der Waals surface area (Å²) in [6.45, 7) is 0. The first-order valence-corrected chi connectivity index (χ1v) is 18.6. The maximum Gasteiger partial charge on any atom is 0.0462 e. The third kappa shape index (κ3) is 5.24. The predicted octanol–water partition coefficient (Wildman–Crippen LogP) is 14.8. The highest BCUT2D eigenvalue weighted by molar-refractivity contribution is 7.25. The lowest BCUT2D eigenvalue weighted by molar-refractivity contribution is 1.28. The Balaban J connectivity index is 1.07. The average Bonchev–Trinajstić information content (AvgIpc) is 3.61. The number of fused-ring (bicyclic) bond motifs is 6. The van der Waals surface area contributed by atoms with Crippen LogP contribution in [0.15, 0.2) is 200 Å². The molecule has 9 aromatic carbocycles. The molecule has 1 nitrogen and oxygen atoms in total. The van der Waals surface area contributed by atoms with Gasteiger partial charge in [0.05, 0.1) is 0 Å². The first-order chi connectivity index (χ1) is 25.8. The van der Waals surface area contributed by atoms with Crippen molar-refractivity contribution in [3.8, 4) is 33.4 Å². The van der Waals surface area contributed by atoms with Gasteiger partial charge in [0, 0.05) is 37.2 Å². The molecule has 0 spiro atoms. The second-order valence-corrected chi connectivity index (χ2v) is 14.4. The van der Waals surface area contributed by atoms with Gasteiger partial charge in [-0.3, -0.25) is 0 Å². The summed E-state index contributed by atoms with van der Waals surface area (Å²) in [6, 6.07) is 72.8. The maximum atomic E-state index is 2.36. The minimum absolute atomic E-state index is 1.11. The fourth-order valence-electron chi connectivity index (χ4n) is 7.77. The van der Waals surface area contributed by atoms with Crippen LogP contribution in [-0.4, -0.2) is 0 Å². The van der Waals surface area contributed by atoms with Gasteiger partial charge in [-0.2, -0.15) is 0 Å². The Hall–Kier alpha value is -6.48. The van der Waals surface area contributed by atoms with Crippen LogP contribution in [0.5, 0.6) is 0 Å². The summed E-state index contributed by atoms with van der Waals surface area (Å²) in [7, 11) is 0. The molecule has 10 aromatic rings. The van der Waals surface area contributed by atoms with Gasteiger partial charge >= 0.3 is 0 Å². The molecule has 0 N–H and O–H groups in total. The van der Waals surface area contributed by atoms with Gasteiger partial charge in [0.15, 0.2) is 0 Å². The molecule has 0 aliphatic carbocycles. The predicted molar refractivity (Wildman–Crippen MR) is 225 cm³/mol. The lowest BCUT2D eigenvalue weighted by Crippen LogP contribution is -2.09. The highest BCUT2D eigenvalue weighted by atomic mass is 32.1. The molecule has 0 radical (unpaired) electrons. The molecule has 1 aromatic heterocycles. The number of hydrogen-bond donors (Lipinski definition) is 0. The largest absolute Gasteiger partial charge is 0.311 e. The Morgan fingerprint density at radius 3 is 1.50 bits per heavy atom. The highest BCUT2D eigenvalue weighted by Gasteiger charge is 2.16. The molecule has 10 rings (SSSR count). The minimum atomic E-state index is 1.11. The topological polar surface area (TPSA) is 3.24 Å². The van der Waals surface area contributed by atoms with E-state index in [4.69, 9.17) is 0 Å². The lowest BCUT2D eigenvalue weighted by Gasteiger charge is -2.26. The number of anilines is 3. The van der Waals surface area contributed by atoms with Gasteiger partial charge in [-0.15, -0.1) is 11.3 Å². The summed E-state index contributed by atoms with van der Waals surface area (Å²) >= 11 is 1.86. The van der Waals surface area contributed by atoms with Crippen LogP contribution in [0.4, 0.5) is 17.1 Å². The Labute approximate surface area is 307 Å². The molecule has 0 saturated heterocycles. The number of rotatable bonds is 6. The van der Waals surface area contributed by atoms with E-state index >= 15 is 0 Å². The van der Waals surface area contributed by atoms with Crippen LogP contribution >= 0.6 is 11.3 Å². The molecule has 52 heavy (non-hydrogen) atoms. The first kappa shape index (κ1) is 30.4. The molecule has 0 aliphatic heterocycles. The second kappa shape index (κ2) is 12.7. The molecular formula is C50H33NS. The van der Waals surface area contributed by atoms with Crippen LogP contribution in [-0.2, 0) is 0 Å². The maximum absolute atomic E-state index is 2.36. The summed E-state index contributed by atoms with van der Waals surface area (Å²) in [5.74, 6) is 0. The third-order valence-electron chi connectivity index (χ3n) is 10.3. The van der Waals surface area contributed by atoms with Crippen LogP contribution in [0.1, 0.15) is 0 Å². The van der Waals surface area contributed by atoms with Crippen LogP contribution in [0.2, 0.25) is 0 Å². The van der Waals surface area contributed by atoms with Gasteiger partial charge in [-0.1, -0.05) is 146 Å². The number of nitrogens with zero attached hydrogens (tertiary/aromatic N) is 1. The smallest absolute Gasteiger partial charge is 0.0462 e. The van der Waals surface area contributed by atoms with Gasteiger partial charge in [-0.25, -0.2) is 0 Å². The van der Waals surface area contributed by atoms with Crippen molar-refractivity contribution < 1.29 is 0 Å². The Kier molecular flexibility index (Phi) is 7.41. The monoisotopic (exact) mass is 679 g/mol. The summed E-state index contributed by atoms with van der Waals surface area (Å²) in [6.07, 6.45) is 0. The molecule has 2 heteroatoms. The van der Waals surface area contributed by atoms with Crippen molar-refractivity contribution in [3.63, 3.8) is 0 Å². The molecule has 0 unspecified atom stereocenters. The lowest BCUT2D eigenvalue weighted by atomic mass is 9.93. The molecule has 0 fully saturated rings. The number of benzene rings is 9. The van der Waals surface area contributed by atoms with Crippen molar-refractivity contribution >= 4 is 70.1 Å². The summed E-state index contributed by atoms with van der Waals surface area (Å²) in [5.41, 5.74) is 10.7. The Morgan fingerprint density at radius 1 is 0.308 bits per heavy atom. The van der Waals surface area contributed by atoms with E-state index in [2.05, 4.69) is 205 Å². The van der Waals surface area contributed by atoms with Gasteiger partial charge < -0.3 is 4.90 Å². The van der Waals surface area contributed by atoms with Crippen LogP contribution in [0.25, 0.3) is 75.1 Å². The molecule has 244 valence electrons. The molecule has 0 atom stereocenters. The van der Waals surface area contributed by atoms with E-state index in [-0.39, 0.29) is 0 Å². The van der Waals surface area contributed by atoms with E-state index in [1.54, 1.807) is 0 Å². The van der Waals surface area contributed by atoms with E-state index in [0.29, 0.717) is 0 Å². The fraction of sp³-hybridized carbons (Fsp3) is 0. The third-order valence-corrected chi connectivity index (χ3v) is 11.4. The van der Waals surface area contributed by atoms with Crippen LogP contribution in [0, 0.1) is 0 Å². The molecular weight excluding hydrogens is 647 g/mol. The summed E-state index contributed by atoms with van der Waals surface area (Å²) in [5, 5.41) is 7.75. The standard InChI is InChI=1S/C50H33NS/c1-2-11-34(12-3-1)35-21-27-39(28-22-35)51(40-29-23-36(24-30-40)43-18-10-20-49-50(43)46-17-8-9-19-48(46)52-49)41-31-25-37(26-32-41)47-33-38-13-4-5-14-42(38)44-15-6-7-16-45(44)47/h1-33H. The first-order valence-electron chi connectivity index (χ1n) is 17.8. The van der Waals surface area contributed by atoms with Crippen molar-refractivity contribution in [2.24, 2.45) is 0 Å². The Morgan fingerprint density at radius 2 is 0.808 bits per heavy atom. The molecule has 0 amide bonds. The van der Waals surface area contributed by atoms with Gasteiger partial charge in [0.25, 0.3) is 0 Å². The zero-order valence-electron chi connectivity index (χ0n) is 28.4. The highest BCUT2D eigenvalue weighted by Crippen LogP contribution is 2.42. The molecule has 0 saturated carbocycles. The van der Waals surface area contributed by atoms with Gasteiger partial charge in [-0.05, 0) is 110 Å². The molecule has 0 bridgehead atoms. The fourth-order valence-corrected chi connectivity index (χ4v) is 8.90. The molecule has 1 heterocycles. The van der Waals surface area contributed by atoms with E-state index < -0.39 is 0 Å². The molecule has 0 aliphatic rings. The normalized spacial score (nSPS) is 11.5. The Bertz CT molecular complexity index is 2870. The van der Waals surface area contributed by atoms with E-state index in [0.717, 1.165) is 17.1 Å². The number of hydrogen-bond acceptors (Lipinski definition) is 2. The van der Waals surface area contributed by atoms with Crippen molar-refractivity contribution in [3.05, 3.63) is 200 Å². The minimum Gasteiger partial charge on any atom is -0.311 e. The average molecular weight is 680 g/mol. The van der Waals surface area contributed by atoms with E-state index in [1.165, 1.54) is 75.1 Å². The quantitative estimate of drug-likeness (QED) is 0.158. The van der Waals surface area contributed by atoms with Crippen molar-refractivity contribution in [1.82, 2.24) is 0 Å². The summed E-state index contributed by atoms with van der Waals surface area (Å²) in [4.78, 5) is 2.36. The number of thiophene rings is 1. The zero-order valence-corrected chi connectivity index (χ0v) is 29.2. The van der Waals surface area contributed by atoms with Crippen LogP contribution in [0.3, 0.4) is 0 Å². The second-order valence-electron chi connectivity index (χ2n) is 13.3. The zero-order chi connectivity index (χ0) is 34.4. The van der Waals surface area contributed by atoms with E-state index in [9.17, 15) is 0 Å². The van der Waals surface area contributed by atoms with Gasteiger partial charge in [0.2, 0.25) is 0 Å². The van der Waals surface area contributed by atoms with Crippen LogP contribution < -0.4 is 4.90 Å². The van der Waals surface area contributed by atoms with Gasteiger partial charge in [0.1, 0.15) is 0 Å². The van der Waals surface area contributed by atoms with Crippen molar-refractivity contribution in [2.45, 2.75) is 0 Å².